The van der Waals surface area contributed by atoms with Gasteiger partial charge in [-0.15, -0.1) is 16.4 Å². The van der Waals surface area contributed by atoms with Crippen molar-refractivity contribution in [2.24, 2.45) is 0 Å². The van der Waals surface area contributed by atoms with Crippen molar-refractivity contribution in [3.63, 3.8) is 0 Å². The van der Waals surface area contributed by atoms with Gasteiger partial charge < -0.3 is 10.0 Å². The van der Waals surface area contributed by atoms with Gasteiger partial charge in [0.25, 0.3) is 0 Å². The van der Waals surface area contributed by atoms with Crippen LogP contribution in [0.5, 0.6) is 5.88 Å². The number of hydrogen-bond donors (Lipinski definition) is 1. The second kappa shape index (κ2) is 5.86. The minimum absolute atomic E-state index is 0.0810. The van der Waals surface area contributed by atoms with Crippen molar-refractivity contribution in [2.45, 2.75) is 13.0 Å². The highest BCUT2D eigenvalue weighted by atomic mass is 32.1. The Hall–Kier alpha value is -1.48. The maximum absolute atomic E-state index is 10.7. The lowest BCUT2D eigenvalue weighted by atomic mass is 10.1. The summed E-state index contributed by atoms with van der Waals surface area (Å²) in [7, 11) is 2.15. The second-order valence-electron chi connectivity index (χ2n) is 5.90. The molecule has 0 unspecified atom stereocenters. The van der Waals surface area contributed by atoms with Gasteiger partial charge in [-0.05, 0) is 25.4 Å². The molecule has 0 aromatic carbocycles. The van der Waals surface area contributed by atoms with E-state index in [1.807, 2.05) is 6.92 Å². The van der Waals surface area contributed by atoms with Crippen LogP contribution in [0, 0.1) is 6.92 Å². The molecule has 0 spiro atoms. The molecule has 6 nitrogen and oxygen atoms in total. The molecule has 1 aliphatic rings. The molecule has 8 heteroatoms. The van der Waals surface area contributed by atoms with Crippen LogP contribution >= 0.6 is 22.7 Å². The number of aromatic hydroxyl groups is 1. The molecule has 0 radical (unpaired) electrons. The monoisotopic (exact) mass is 349 g/mol. The van der Waals surface area contributed by atoms with Gasteiger partial charge >= 0.3 is 0 Å². The number of likely N-dealkylation sites (N-methyl/N-ethyl adjacent to an activating group) is 1. The molecule has 1 atom stereocenters. The van der Waals surface area contributed by atoms with E-state index < -0.39 is 0 Å². The Bertz CT molecular complexity index is 801. The van der Waals surface area contributed by atoms with Gasteiger partial charge in [0, 0.05) is 31.1 Å². The zero-order valence-corrected chi connectivity index (χ0v) is 14.8. The number of aryl methyl sites for hydroxylation is 1. The predicted molar refractivity (Wildman–Crippen MR) is 92.5 cm³/mol. The van der Waals surface area contributed by atoms with E-state index in [4.69, 9.17) is 0 Å². The normalized spacial score (nSPS) is 18.7. The zero-order valence-electron chi connectivity index (χ0n) is 13.1. The molecular formula is C15H19N5OS2. The molecule has 4 rings (SSSR count). The van der Waals surface area contributed by atoms with Crippen molar-refractivity contribution in [3.8, 4) is 5.88 Å². The van der Waals surface area contributed by atoms with E-state index in [0.717, 1.165) is 36.0 Å². The van der Waals surface area contributed by atoms with Gasteiger partial charge in [-0.1, -0.05) is 17.4 Å². The van der Waals surface area contributed by atoms with Crippen LogP contribution < -0.4 is 0 Å². The average Bonchev–Trinajstić information content (AvgIpc) is 3.22. The molecular weight excluding hydrogens is 330 g/mol. The number of aromatic nitrogens is 3. The zero-order chi connectivity index (χ0) is 16.0. The van der Waals surface area contributed by atoms with E-state index >= 15 is 0 Å². The topological polar surface area (TPSA) is 56.9 Å². The first kappa shape index (κ1) is 15.1. The van der Waals surface area contributed by atoms with E-state index in [9.17, 15) is 5.11 Å². The van der Waals surface area contributed by atoms with Crippen LogP contribution in [0.4, 0.5) is 0 Å². The lowest BCUT2D eigenvalue weighted by Crippen LogP contribution is -2.45. The first-order chi connectivity index (χ1) is 11.1. The number of piperazine rings is 1. The fourth-order valence-electron chi connectivity index (χ4n) is 3.03. The van der Waals surface area contributed by atoms with Gasteiger partial charge in [0.1, 0.15) is 5.82 Å². The highest BCUT2D eigenvalue weighted by Gasteiger charge is 2.31. The van der Waals surface area contributed by atoms with Gasteiger partial charge in [0.15, 0.2) is 0 Å². The second-order valence-corrected chi connectivity index (χ2v) is 7.89. The van der Waals surface area contributed by atoms with Gasteiger partial charge in [-0.25, -0.2) is 4.98 Å². The molecule has 1 fully saturated rings. The fraction of sp³-hybridized carbons (Fsp3) is 0.467. The van der Waals surface area contributed by atoms with Crippen LogP contribution in [-0.4, -0.2) is 62.7 Å². The third-order valence-electron chi connectivity index (χ3n) is 4.27. The Morgan fingerprint density at radius 3 is 2.70 bits per heavy atom. The standard InChI is InChI=1S/C15H19N5OS2/c1-10-16-15-20(17-10)14(21)13(23-15)12(11-4-3-9-22-11)19-7-5-18(2)6-8-19/h3-4,9,12,21H,5-8H2,1-2H3/t12-/m1/s1. The maximum Gasteiger partial charge on any atom is 0.230 e. The summed E-state index contributed by atoms with van der Waals surface area (Å²) < 4.78 is 1.56. The minimum Gasteiger partial charge on any atom is -0.492 e. The van der Waals surface area contributed by atoms with Crippen LogP contribution in [0.3, 0.4) is 0 Å². The number of fused-ring (bicyclic) bond motifs is 1. The average molecular weight is 349 g/mol. The number of thiophene rings is 1. The van der Waals surface area contributed by atoms with E-state index in [1.165, 1.54) is 16.2 Å². The summed E-state index contributed by atoms with van der Waals surface area (Å²) in [5, 5.41) is 17.1. The summed E-state index contributed by atoms with van der Waals surface area (Å²) in [6.45, 7) is 5.91. The van der Waals surface area contributed by atoms with Gasteiger partial charge in [0.2, 0.25) is 10.8 Å². The Kier molecular flexibility index (Phi) is 3.84. The lowest BCUT2D eigenvalue weighted by molar-refractivity contribution is 0.128. The smallest absolute Gasteiger partial charge is 0.230 e. The third-order valence-corrected chi connectivity index (χ3v) is 6.27. The van der Waals surface area contributed by atoms with E-state index in [0.29, 0.717) is 5.82 Å². The first-order valence-electron chi connectivity index (χ1n) is 7.64. The molecule has 4 heterocycles. The maximum atomic E-state index is 10.7. The van der Waals surface area contributed by atoms with Gasteiger partial charge in [-0.3, -0.25) is 4.90 Å². The SMILES string of the molecule is Cc1nc2sc([C@@H](c3cccs3)N3CCN(C)CC3)c(O)n2n1. The molecule has 1 aliphatic heterocycles. The van der Waals surface area contributed by atoms with E-state index in [-0.39, 0.29) is 11.9 Å². The Morgan fingerprint density at radius 2 is 2.04 bits per heavy atom. The molecule has 1 saturated heterocycles. The predicted octanol–water partition coefficient (Wildman–Crippen LogP) is 2.20. The lowest BCUT2D eigenvalue weighted by Gasteiger charge is -2.37. The summed E-state index contributed by atoms with van der Waals surface area (Å²) in [6, 6.07) is 4.30. The quantitative estimate of drug-likeness (QED) is 0.786. The molecule has 0 bridgehead atoms. The molecule has 23 heavy (non-hydrogen) atoms. The highest BCUT2D eigenvalue weighted by molar-refractivity contribution is 7.17. The van der Waals surface area contributed by atoms with Crippen LogP contribution in [-0.2, 0) is 0 Å². The summed E-state index contributed by atoms with van der Waals surface area (Å²) in [4.78, 5) is 12.1. The summed E-state index contributed by atoms with van der Waals surface area (Å²) >= 11 is 3.27. The van der Waals surface area contributed by atoms with Crippen molar-refractivity contribution in [2.75, 3.05) is 33.2 Å². The molecule has 122 valence electrons. The molecule has 3 aromatic heterocycles. The molecule has 0 amide bonds. The largest absolute Gasteiger partial charge is 0.492 e. The summed E-state index contributed by atoms with van der Waals surface area (Å²) in [6.07, 6.45) is 0. The number of thiazole rings is 1. The Labute approximate surface area is 142 Å². The van der Waals surface area contributed by atoms with E-state index in [1.54, 1.807) is 15.9 Å². The molecule has 1 N–H and O–H groups in total. The fourth-order valence-corrected chi connectivity index (χ4v) is 5.12. The van der Waals surface area contributed by atoms with Crippen molar-refractivity contribution < 1.29 is 5.11 Å². The van der Waals surface area contributed by atoms with Gasteiger partial charge in [-0.2, -0.15) is 4.52 Å². The Morgan fingerprint density at radius 1 is 1.26 bits per heavy atom. The summed E-state index contributed by atoms with van der Waals surface area (Å²) in [5.41, 5.74) is 0. The van der Waals surface area contributed by atoms with Crippen LogP contribution in [0.25, 0.3) is 4.96 Å². The molecule has 3 aromatic rings. The van der Waals surface area contributed by atoms with Crippen molar-refractivity contribution in [1.82, 2.24) is 24.4 Å². The number of hydrogen-bond acceptors (Lipinski definition) is 7. The van der Waals surface area contributed by atoms with Crippen LogP contribution in [0.15, 0.2) is 17.5 Å². The highest BCUT2D eigenvalue weighted by Crippen LogP contribution is 2.41. The molecule has 0 aliphatic carbocycles. The van der Waals surface area contributed by atoms with Crippen molar-refractivity contribution in [3.05, 3.63) is 33.1 Å². The minimum atomic E-state index is 0.0810. The Balaban J connectivity index is 1.77. The van der Waals surface area contributed by atoms with Crippen molar-refractivity contribution in [1.29, 1.82) is 0 Å². The number of rotatable bonds is 3. The third kappa shape index (κ3) is 2.65. The van der Waals surface area contributed by atoms with Crippen LogP contribution in [0.1, 0.15) is 21.6 Å². The summed E-state index contributed by atoms with van der Waals surface area (Å²) in [5.74, 6) is 0.910. The van der Waals surface area contributed by atoms with Crippen molar-refractivity contribution >= 4 is 27.6 Å². The van der Waals surface area contributed by atoms with Gasteiger partial charge in [0.05, 0.1) is 10.9 Å². The molecule has 0 saturated carbocycles. The number of nitrogens with zero attached hydrogens (tertiary/aromatic N) is 5. The first-order valence-corrected chi connectivity index (χ1v) is 9.34. The van der Waals surface area contributed by atoms with E-state index in [2.05, 4.69) is 44.4 Å². The van der Waals surface area contributed by atoms with Crippen LogP contribution in [0.2, 0.25) is 0 Å².